The summed E-state index contributed by atoms with van der Waals surface area (Å²) >= 11 is 1.52. The Morgan fingerprint density at radius 3 is 2.44 bits per heavy atom. The number of nitrogens with zero attached hydrogens (tertiary/aromatic N) is 1. The van der Waals surface area contributed by atoms with Gasteiger partial charge >= 0.3 is 0 Å². The van der Waals surface area contributed by atoms with Gasteiger partial charge in [0.1, 0.15) is 11.6 Å². The Hall–Kier alpha value is -2.40. The molecule has 3 aromatic rings. The van der Waals surface area contributed by atoms with E-state index >= 15 is 0 Å². The number of halogens is 1. The summed E-state index contributed by atoms with van der Waals surface area (Å²) in [6.45, 7) is 2.99. The molecule has 1 heterocycles. The van der Waals surface area contributed by atoms with Crippen molar-refractivity contribution in [1.82, 2.24) is 4.98 Å². The highest BCUT2D eigenvalue weighted by Crippen LogP contribution is 2.28. The zero-order valence-electron chi connectivity index (χ0n) is 15.6. The van der Waals surface area contributed by atoms with Gasteiger partial charge in [0.25, 0.3) is 0 Å². The maximum atomic E-state index is 13.0. The number of rotatable bonds is 10. The van der Waals surface area contributed by atoms with E-state index < -0.39 is 0 Å². The molecule has 142 valence electrons. The van der Waals surface area contributed by atoms with Crippen LogP contribution in [0.1, 0.15) is 39.0 Å². The molecule has 1 N–H and O–H groups in total. The molecule has 0 fully saturated rings. The van der Waals surface area contributed by atoms with E-state index in [1.807, 2.05) is 29.6 Å². The normalized spacial score (nSPS) is 10.7. The van der Waals surface area contributed by atoms with Gasteiger partial charge in [0.2, 0.25) is 0 Å². The average molecular weight is 385 g/mol. The van der Waals surface area contributed by atoms with Crippen LogP contribution in [0.15, 0.2) is 53.9 Å². The summed E-state index contributed by atoms with van der Waals surface area (Å²) in [4.78, 5) is 4.57. The first-order valence-corrected chi connectivity index (χ1v) is 10.3. The van der Waals surface area contributed by atoms with Gasteiger partial charge in [0.15, 0.2) is 5.13 Å². The van der Waals surface area contributed by atoms with E-state index in [4.69, 9.17) is 4.74 Å². The topological polar surface area (TPSA) is 34.1 Å². The van der Waals surface area contributed by atoms with Crippen molar-refractivity contribution in [2.75, 3.05) is 11.9 Å². The van der Waals surface area contributed by atoms with Crippen molar-refractivity contribution in [2.45, 2.75) is 39.0 Å². The number of ether oxygens (including phenoxy) is 1. The van der Waals surface area contributed by atoms with Crippen LogP contribution in [-0.4, -0.2) is 11.6 Å². The summed E-state index contributed by atoms with van der Waals surface area (Å²) in [6.07, 6.45) is 6.19. The fourth-order valence-corrected chi connectivity index (χ4v) is 3.48. The maximum absolute atomic E-state index is 13.0. The Bertz CT molecular complexity index is 815. The number of thiazole rings is 1. The van der Waals surface area contributed by atoms with Crippen LogP contribution in [0.2, 0.25) is 0 Å². The van der Waals surface area contributed by atoms with E-state index in [0.717, 1.165) is 40.9 Å². The highest BCUT2D eigenvalue weighted by molar-refractivity contribution is 7.14. The van der Waals surface area contributed by atoms with Gasteiger partial charge in [-0.05, 0) is 55.0 Å². The van der Waals surface area contributed by atoms with Gasteiger partial charge in [-0.25, -0.2) is 9.37 Å². The number of anilines is 2. The maximum Gasteiger partial charge on any atom is 0.187 e. The molecule has 0 aliphatic rings. The van der Waals surface area contributed by atoms with Crippen molar-refractivity contribution in [2.24, 2.45) is 0 Å². The molecular weight excluding hydrogens is 359 g/mol. The number of unbranched alkanes of at least 4 members (excludes halogenated alkanes) is 4. The van der Waals surface area contributed by atoms with Crippen LogP contribution in [0.3, 0.4) is 0 Å². The monoisotopic (exact) mass is 384 g/mol. The second-order valence-corrected chi connectivity index (χ2v) is 7.31. The van der Waals surface area contributed by atoms with Crippen molar-refractivity contribution in [3.63, 3.8) is 0 Å². The summed E-state index contributed by atoms with van der Waals surface area (Å²) in [5.41, 5.74) is 2.71. The highest BCUT2D eigenvalue weighted by Gasteiger charge is 2.05. The van der Waals surface area contributed by atoms with Gasteiger partial charge in [-0.3, -0.25) is 0 Å². The minimum absolute atomic E-state index is 0.240. The molecule has 0 saturated heterocycles. The molecule has 3 rings (SSSR count). The van der Waals surface area contributed by atoms with E-state index in [2.05, 4.69) is 17.2 Å². The molecule has 2 aromatic carbocycles. The van der Waals surface area contributed by atoms with E-state index in [1.54, 1.807) is 12.1 Å². The van der Waals surface area contributed by atoms with Crippen molar-refractivity contribution in [3.05, 3.63) is 59.7 Å². The Morgan fingerprint density at radius 2 is 1.70 bits per heavy atom. The van der Waals surface area contributed by atoms with Crippen LogP contribution < -0.4 is 10.1 Å². The quantitative estimate of drug-likeness (QED) is 0.381. The summed E-state index contributed by atoms with van der Waals surface area (Å²) in [6, 6.07) is 14.3. The predicted octanol–water partition coefficient (Wildman–Crippen LogP) is 7.04. The Labute approximate surface area is 164 Å². The Balaban J connectivity index is 1.49. The second kappa shape index (κ2) is 10.1. The minimum atomic E-state index is -0.240. The second-order valence-electron chi connectivity index (χ2n) is 6.46. The predicted molar refractivity (Wildman–Crippen MR) is 111 cm³/mol. The van der Waals surface area contributed by atoms with Gasteiger partial charge in [-0.1, -0.05) is 32.6 Å². The molecule has 0 amide bonds. The van der Waals surface area contributed by atoms with Gasteiger partial charge in [-0.2, -0.15) is 0 Å². The van der Waals surface area contributed by atoms with E-state index in [-0.39, 0.29) is 5.82 Å². The lowest BCUT2D eigenvalue weighted by Crippen LogP contribution is -1.97. The Kier molecular flexibility index (Phi) is 7.22. The van der Waals surface area contributed by atoms with E-state index in [1.165, 1.54) is 49.2 Å². The van der Waals surface area contributed by atoms with Crippen LogP contribution in [-0.2, 0) is 0 Å². The minimum Gasteiger partial charge on any atom is -0.494 e. The number of nitrogens with one attached hydrogen (secondary N) is 1. The SMILES string of the molecule is CCCCCCCOc1ccc(Nc2nc(-c3ccc(F)cc3)cs2)cc1. The number of aromatic nitrogens is 1. The first-order valence-electron chi connectivity index (χ1n) is 9.46. The molecule has 1 aromatic heterocycles. The molecule has 0 aliphatic carbocycles. The van der Waals surface area contributed by atoms with Gasteiger partial charge in [0, 0.05) is 16.6 Å². The standard InChI is InChI=1S/C22H25FN2OS/c1-2-3-4-5-6-15-26-20-13-11-19(12-14-20)24-22-25-21(16-27-22)17-7-9-18(23)10-8-17/h7-14,16H,2-6,15H2,1H3,(H,24,25). The summed E-state index contributed by atoms with van der Waals surface area (Å²) in [7, 11) is 0. The number of benzene rings is 2. The van der Waals surface area contributed by atoms with Crippen LogP contribution >= 0.6 is 11.3 Å². The van der Waals surface area contributed by atoms with E-state index in [0.29, 0.717) is 0 Å². The summed E-state index contributed by atoms with van der Waals surface area (Å²) in [5, 5.41) is 6.07. The van der Waals surface area contributed by atoms with Crippen molar-refractivity contribution in [1.29, 1.82) is 0 Å². The van der Waals surface area contributed by atoms with Crippen molar-refractivity contribution < 1.29 is 9.13 Å². The van der Waals surface area contributed by atoms with E-state index in [9.17, 15) is 4.39 Å². The summed E-state index contributed by atoms with van der Waals surface area (Å²) in [5.74, 6) is 0.651. The molecular formula is C22H25FN2OS. The average Bonchev–Trinajstić information content (AvgIpc) is 3.15. The summed E-state index contributed by atoms with van der Waals surface area (Å²) < 4.78 is 18.8. The lowest BCUT2D eigenvalue weighted by Gasteiger charge is -2.07. The van der Waals surface area contributed by atoms with Gasteiger partial charge < -0.3 is 10.1 Å². The molecule has 0 atom stereocenters. The van der Waals surface area contributed by atoms with Crippen LogP contribution in [0.5, 0.6) is 5.75 Å². The smallest absolute Gasteiger partial charge is 0.187 e. The van der Waals surface area contributed by atoms with Gasteiger partial charge in [-0.15, -0.1) is 11.3 Å². The van der Waals surface area contributed by atoms with Crippen LogP contribution in [0, 0.1) is 5.82 Å². The molecule has 27 heavy (non-hydrogen) atoms. The number of hydrogen-bond acceptors (Lipinski definition) is 4. The third-order valence-corrected chi connectivity index (χ3v) is 5.02. The lowest BCUT2D eigenvalue weighted by atomic mass is 10.2. The van der Waals surface area contributed by atoms with Gasteiger partial charge in [0.05, 0.1) is 12.3 Å². The largest absolute Gasteiger partial charge is 0.494 e. The van der Waals surface area contributed by atoms with Crippen LogP contribution in [0.25, 0.3) is 11.3 Å². The first kappa shape index (κ1) is 19.4. The molecule has 0 saturated carbocycles. The molecule has 0 radical (unpaired) electrons. The zero-order valence-corrected chi connectivity index (χ0v) is 16.4. The molecule has 0 aliphatic heterocycles. The third kappa shape index (κ3) is 6.07. The third-order valence-electron chi connectivity index (χ3n) is 4.27. The van der Waals surface area contributed by atoms with Crippen molar-refractivity contribution >= 4 is 22.2 Å². The number of hydrogen-bond donors (Lipinski definition) is 1. The molecule has 0 spiro atoms. The fraction of sp³-hybridized carbons (Fsp3) is 0.318. The van der Waals surface area contributed by atoms with Crippen molar-refractivity contribution in [3.8, 4) is 17.0 Å². The van der Waals surface area contributed by atoms with Crippen LogP contribution in [0.4, 0.5) is 15.2 Å². The lowest BCUT2D eigenvalue weighted by molar-refractivity contribution is 0.304. The zero-order chi connectivity index (χ0) is 18.9. The molecule has 0 unspecified atom stereocenters. The molecule has 3 nitrogen and oxygen atoms in total. The highest BCUT2D eigenvalue weighted by atomic mass is 32.1. The first-order chi connectivity index (χ1) is 13.2. The molecule has 5 heteroatoms. The fourth-order valence-electron chi connectivity index (χ4n) is 2.74. The molecule has 0 bridgehead atoms. The Morgan fingerprint density at radius 1 is 0.963 bits per heavy atom.